The van der Waals surface area contributed by atoms with Crippen LogP contribution in [0.5, 0.6) is 5.75 Å². The molecule has 0 aliphatic heterocycles. The van der Waals surface area contributed by atoms with Gasteiger partial charge in [-0.3, -0.25) is 19.0 Å². The highest BCUT2D eigenvalue weighted by atomic mass is 32.2. The molecule has 0 spiro atoms. The molecule has 2 aromatic carbocycles. The number of rotatable bonds is 7. The Hall–Kier alpha value is -3.33. The highest BCUT2D eigenvalue weighted by Crippen LogP contribution is 2.37. The number of para-hydroxylation sites is 1. The number of benzene rings is 2. The predicted octanol–water partition coefficient (Wildman–Crippen LogP) is 3.43. The number of anilines is 2. The molecule has 4 rings (SSSR count). The maximum Gasteiger partial charge on any atom is 0.262 e. The second-order valence-electron chi connectivity index (χ2n) is 7.25. The van der Waals surface area contributed by atoms with Crippen molar-refractivity contribution in [3.8, 4) is 5.75 Å². The minimum Gasteiger partial charge on any atom is -0.495 e. The second-order valence-corrected chi connectivity index (χ2v) is 8.19. The van der Waals surface area contributed by atoms with Crippen LogP contribution in [0, 0.1) is 0 Å². The molecule has 1 aromatic heterocycles. The molecule has 3 aromatic rings. The van der Waals surface area contributed by atoms with E-state index in [0.29, 0.717) is 33.2 Å². The summed E-state index contributed by atoms with van der Waals surface area (Å²) in [4.78, 5) is 41.5. The normalized spacial score (nSPS) is 13.1. The number of methoxy groups -OCH3 is 1. The van der Waals surface area contributed by atoms with E-state index in [0.717, 1.165) is 12.8 Å². The summed E-state index contributed by atoms with van der Waals surface area (Å²) in [6.07, 6.45) is 1.87. The van der Waals surface area contributed by atoms with Crippen molar-refractivity contribution in [3.05, 3.63) is 52.8 Å². The molecule has 0 radical (unpaired) electrons. The molecule has 1 aliphatic carbocycles. The van der Waals surface area contributed by atoms with E-state index in [1.807, 2.05) is 12.1 Å². The van der Waals surface area contributed by atoms with Gasteiger partial charge < -0.3 is 15.4 Å². The van der Waals surface area contributed by atoms with Gasteiger partial charge in [-0.2, -0.15) is 0 Å². The third-order valence-corrected chi connectivity index (χ3v) is 5.77. The van der Waals surface area contributed by atoms with Crippen LogP contribution in [-0.2, 0) is 9.59 Å². The Morgan fingerprint density at radius 3 is 2.68 bits per heavy atom. The van der Waals surface area contributed by atoms with Gasteiger partial charge in [-0.15, -0.1) is 0 Å². The van der Waals surface area contributed by atoms with Crippen LogP contribution in [0.25, 0.3) is 10.9 Å². The average molecular weight is 439 g/mol. The van der Waals surface area contributed by atoms with Gasteiger partial charge in [0.2, 0.25) is 11.8 Å². The zero-order valence-corrected chi connectivity index (χ0v) is 18.0. The van der Waals surface area contributed by atoms with E-state index in [1.54, 1.807) is 34.9 Å². The van der Waals surface area contributed by atoms with Crippen molar-refractivity contribution in [2.75, 3.05) is 23.5 Å². The van der Waals surface area contributed by atoms with Gasteiger partial charge in [0.25, 0.3) is 5.56 Å². The summed E-state index contributed by atoms with van der Waals surface area (Å²) in [6.45, 7) is 1.41. The maximum absolute atomic E-state index is 12.9. The first-order chi connectivity index (χ1) is 15.0. The summed E-state index contributed by atoms with van der Waals surface area (Å²) in [5, 5.41) is 6.62. The number of hydrogen-bond acceptors (Lipinski definition) is 6. The number of ether oxygens (including phenoxy) is 1. The Kier molecular flexibility index (Phi) is 5.94. The average Bonchev–Trinajstić information content (AvgIpc) is 3.57. The fourth-order valence-corrected chi connectivity index (χ4v) is 4.15. The number of hydrogen-bond donors (Lipinski definition) is 2. The number of carbonyl (C=O) groups excluding carboxylic acids is 2. The number of amides is 2. The van der Waals surface area contributed by atoms with Gasteiger partial charge in [-0.1, -0.05) is 23.9 Å². The quantitative estimate of drug-likeness (QED) is 0.433. The summed E-state index contributed by atoms with van der Waals surface area (Å²) >= 11 is 1.23. The van der Waals surface area contributed by atoms with E-state index in [1.165, 1.54) is 25.8 Å². The summed E-state index contributed by atoms with van der Waals surface area (Å²) in [6, 6.07) is 12.4. The van der Waals surface area contributed by atoms with Crippen LogP contribution in [0.2, 0.25) is 0 Å². The van der Waals surface area contributed by atoms with E-state index < -0.39 is 0 Å². The van der Waals surface area contributed by atoms with E-state index in [4.69, 9.17) is 4.74 Å². The molecule has 2 amide bonds. The lowest BCUT2D eigenvalue weighted by Gasteiger charge is -2.14. The summed E-state index contributed by atoms with van der Waals surface area (Å²) in [7, 11) is 1.51. The summed E-state index contributed by atoms with van der Waals surface area (Å²) < 4.78 is 7.01. The lowest BCUT2D eigenvalue weighted by molar-refractivity contribution is -0.114. The third-order valence-electron chi connectivity index (χ3n) is 4.81. The van der Waals surface area contributed by atoms with Crippen LogP contribution in [0.3, 0.4) is 0 Å². The first-order valence-electron chi connectivity index (χ1n) is 9.86. The third kappa shape index (κ3) is 4.72. The van der Waals surface area contributed by atoms with Gasteiger partial charge in [-0.05, 0) is 43.2 Å². The Labute approximate surface area is 183 Å². The van der Waals surface area contributed by atoms with Crippen LogP contribution in [-0.4, -0.2) is 34.2 Å². The Morgan fingerprint density at radius 2 is 1.97 bits per heavy atom. The van der Waals surface area contributed by atoms with Crippen molar-refractivity contribution < 1.29 is 14.3 Å². The Bertz CT molecular complexity index is 1220. The Morgan fingerprint density at radius 1 is 1.19 bits per heavy atom. The molecule has 0 atom stereocenters. The topological polar surface area (TPSA) is 102 Å². The van der Waals surface area contributed by atoms with Crippen molar-refractivity contribution in [1.29, 1.82) is 0 Å². The van der Waals surface area contributed by atoms with Crippen LogP contribution in [0.4, 0.5) is 11.4 Å². The van der Waals surface area contributed by atoms with E-state index in [2.05, 4.69) is 15.6 Å². The molecule has 0 unspecified atom stereocenters. The molecule has 1 fully saturated rings. The molecular formula is C22H22N4O4S. The van der Waals surface area contributed by atoms with Gasteiger partial charge in [0.05, 0.1) is 29.5 Å². The number of nitrogens with one attached hydrogen (secondary N) is 2. The number of nitrogens with zero attached hydrogens (tertiary/aromatic N) is 2. The minimum absolute atomic E-state index is 0.0688. The number of fused-ring (bicyclic) bond motifs is 1. The van der Waals surface area contributed by atoms with Gasteiger partial charge >= 0.3 is 0 Å². The van der Waals surface area contributed by atoms with Crippen LogP contribution >= 0.6 is 11.8 Å². The Balaban J connectivity index is 1.53. The van der Waals surface area contributed by atoms with Gasteiger partial charge in [0.1, 0.15) is 5.75 Å². The molecule has 31 heavy (non-hydrogen) atoms. The van der Waals surface area contributed by atoms with Gasteiger partial charge in [0.15, 0.2) is 5.16 Å². The van der Waals surface area contributed by atoms with Crippen molar-refractivity contribution >= 4 is 45.9 Å². The van der Waals surface area contributed by atoms with Crippen LogP contribution in [0.1, 0.15) is 25.8 Å². The maximum atomic E-state index is 12.9. The zero-order chi connectivity index (χ0) is 22.0. The van der Waals surface area contributed by atoms with Crippen LogP contribution in [0.15, 0.2) is 52.4 Å². The van der Waals surface area contributed by atoms with Crippen LogP contribution < -0.4 is 20.9 Å². The number of carbonyl (C=O) groups is 2. The van der Waals surface area contributed by atoms with Gasteiger partial charge in [0, 0.05) is 18.7 Å². The molecule has 0 saturated heterocycles. The van der Waals surface area contributed by atoms with E-state index >= 15 is 0 Å². The molecule has 1 saturated carbocycles. The minimum atomic E-state index is -0.270. The smallest absolute Gasteiger partial charge is 0.262 e. The highest BCUT2D eigenvalue weighted by Gasteiger charge is 2.28. The molecule has 1 aliphatic rings. The van der Waals surface area contributed by atoms with Crippen molar-refractivity contribution in [1.82, 2.24) is 9.55 Å². The van der Waals surface area contributed by atoms with Crippen molar-refractivity contribution in [2.45, 2.75) is 31.0 Å². The first kappa shape index (κ1) is 20.9. The standard InChI is InChI=1S/C22H22N4O4S/c1-13(27)23-14-7-10-19(30-2)18(11-14)24-20(28)12-31-22-25-17-6-4-3-5-16(17)21(29)26(22)15-8-9-15/h3-7,10-11,15H,8-9,12H2,1-2H3,(H,23,27)(H,24,28). The molecule has 0 bridgehead atoms. The summed E-state index contributed by atoms with van der Waals surface area (Å²) in [5.74, 6) is 0.0722. The molecule has 9 heteroatoms. The highest BCUT2D eigenvalue weighted by molar-refractivity contribution is 7.99. The zero-order valence-electron chi connectivity index (χ0n) is 17.2. The summed E-state index contributed by atoms with van der Waals surface area (Å²) in [5.41, 5.74) is 1.55. The molecule has 8 nitrogen and oxygen atoms in total. The number of aromatic nitrogens is 2. The SMILES string of the molecule is COc1ccc(NC(C)=O)cc1NC(=O)CSc1nc2ccccc2c(=O)n1C1CC1. The van der Waals surface area contributed by atoms with Crippen molar-refractivity contribution in [2.24, 2.45) is 0 Å². The lowest BCUT2D eigenvalue weighted by atomic mass is 10.2. The van der Waals surface area contributed by atoms with E-state index in [9.17, 15) is 14.4 Å². The second kappa shape index (κ2) is 8.81. The monoisotopic (exact) mass is 438 g/mol. The largest absolute Gasteiger partial charge is 0.495 e. The molecule has 160 valence electrons. The molecule has 2 N–H and O–H groups in total. The fraction of sp³-hybridized carbons (Fsp3) is 0.273. The molecular weight excluding hydrogens is 416 g/mol. The molecule has 1 heterocycles. The van der Waals surface area contributed by atoms with Gasteiger partial charge in [-0.25, -0.2) is 4.98 Å². The lowest BCUT2D eigenvalue weighted by Crippen LogP contribution is -2.23. The fourth-order valence-electron chi connectivity index (χ4n) is 3.29. The van der Waals surface area contributed by atoms with E-state index in [-0.39, 0.29) is 29.2 Å². The van der Waals surface area contributed by atoms with Crippen molar-refractivity contribution in [3.63, 3.8) is 0 Å². The predicted molar refractivity (Wildman–Crippen MR) is 121 cm³/mol. The number of thioether (sulfide) groups is 1. The first-order valence-corrected chi connectivity index (χ1v) is 10.8.